The number of amidine groups is 1. The molecule has 0 aromatic heterocycles. The van der Waals surface area contributed by atoms with Crippen LogP contribution in [-0.2, 0) is 6.61 Å². The van der Waals surface area contributed by atoms with Crippen LogP contribution in [0.5, 0.6) is 5.75 Å². The highest BCUT2D eigenvalue weighted by molar-refractivity contribution is 5.95. The summed E-state index contributed by atoms with van der Waals surface area (Å²) in [6.45, 7) is 0.510. The first-order valence-electron chi connectivity index (χ1n) is 5.55. The second-order valence-corrected chi connectivity index (χ2v) is 3.79. The lowest BCUT2D eigenvalue weighted by Crippen LogP contribution is -2.18. The average Bonchev–Trinajstić information content (AvgIpc) is 2.46. The summed E-state index contributed by atoms with van der Waals surface area (Å²) in [6, 6.07) is 16.9. The lowest BCUT2D eigenvalue weighted by molar-refractivity contribution is 0.234. The third-order valence-electron chi connectivity index (χ3n) is 2.50. The van der Waals surface area contributed by atoms with Crippen LogP contribution in [0.4, 0.5) is 0 Å². The fourth-order valence-corrected chi connectivity index (χ4v) is 1.52. The predicted molar refractivity (Wildman–Crippen MR) is 69.0 cm³/mol. The van der Waals surface area contributed by atoms with Crippen molar-refractivity contribution in [3.8, 4) is 5.75 Å². The van der Waals surface area contributed by atoms with Crippen LogP contribution in [-0.4, -0.2) is 11.0 Å². The summed E-state index contributed by atoms with van der Waals surface area (Å²) < 4.78 is 5.61. The van der Waals surface area contributed by atoms with Crippen LogP contribution in [0, 0.1) is 5.41 Å². The Hall–Kier alpha value is -2.33. The van der Waals surface area contributed by atoms with Crippen molar-refractivity contribution in [2.24, 2.45) is 0 Å². The zero-order valence-electron chi connectivity index (χ0n) is 9.76. The first-order chi connectivity index (χ1) is 8.79. The minimum atomic E-state index is -0.0374. The Bertz CT molecular complexity index is 509. The molecule has 2 rings (SSSR count). The van der Waals surface area contributed by atoms with Crippen LogP contribution in [0.2, 0.25) is 0 Å². The van der Waals surface area contributed by atoms with Gasteiger partial charge in [0.1, 0.15) is 18.2 Å². The number of nitrogens with one attached hydrogen (secondary N) is 2. The fourth-order valence-electron chi connectivity index (χ4n) is 1.52. The minimum absolute atomic E-state index is 0.0374. The van der Waals surface area contributed by atoms with E-state index in [0.717, 1.165) is 11.3 Å². The van der Waals surface area contributed by atoms with E-state index < -0.39 is 0 Å². The summed E-state index contributed by atoms with van der Waals surface area (Å²) in [4.78, 5) is 0. The van der Waals surface area contributed by atoms with Crippen molar-refractivity contribution >= 4 is 5.84 Å². The van der Waals surface area contributed by atoms with Gasteiger partial charge in [-0.05, 0) is 29.8 Å². The molecule has 0 unspecified atom stereocenters. The molecule has 92 valence electrons. The molecule has 0 amide bonds. The van der Waals surface area contributed by atoms with E-state index in [0.29, 0.717) is 12.2 Å². The summed E-state index contributed by atoms with van der Waals surface area (Å²) in [7, 11) is 0. The van der Waals surface area contributed by atoms with Crippen LogP contribution in [0.1, 0.15) is 11.1 Å². The summed E-state index contributed by atoms with van der Waals surface area (Å²) in [6.07, 6.45) is 0. The number of rotatable bonds is 4. The number of benzene rings is 2. The van der Waals surface area contributed by atoms with Gasteiger partial charge in [-0.2, -0.15) is 0 Å². The van der Waals surface area contributed by atoms with Crippen molar-refractivity contribution < 1.29 is 9.94 Å². The number of hydroxylamine groups is 1. The van der Waals surface area contributed by atoms with Crippen molar-refractivity contribution in [2.45, 2.75) is 6.61 Å². The molecule has 0 aliphatic rings. The topological polar surface area (TPSA) is 65.3 Å². The molecular formula is C14H14N2O2. The van der Waals surface area contributed by atoms with Crippen LogP contribution >= 0.6 is 0 Å². The minimum Gasteiger partial charge on any atom is -0.489 e. The Morgan fingerprint density at radius 1 is 1.06 bits per heavy atom. The van der Waals surface area contributed by atoms with Gasteiger partial charge in [-0.25, -0.2) is 0 Å². The molecule has 3 N–H and O–H groups in total. The van der Waals surface area contributed by atoms with Crippen LogP contribution < -0.4 is 10.2 Å². The first kappa shape index (κ1) is 12.1. The molecule has 0 saturated carbocycles. The smallest absolute Gasteiger partial charge is 0.149 e. The number of hydrogen-bond donors (Lipinski definition) is 3. The van der Waals surface area contributed by atoms with E-state index in [1.165, 1.54) is 0 Å². The summed E-state index contributed by atoms with van der Waals surface area (Å²) >= 11 is 0. The van der Waals surface area contributed by atoms with Gasteiger partial charge in [-0.1, -0.05) is 30.3 Å². The molecule has 4 heteroatoms. The molecular weight excluding hydrogens is 228 g/mol. The van der Waals surface area contributed by atoms with E-state index in [2.05, 4.69) is 0 Å². The van der Waals surface area contributed by atoms with E-state index in [4.69, 9.17) is 15.4 Å². The van der Waals surface area contributed by atoms with E-state index in [9.17, 15) is 0 Å². The normalized spacial score (nSPS) is 9.83. The molecule has 0 aliphatic carbocycles. The standard InChI is InChI=1S/C14H14N2O2/c15-14(16-17)12-6-8-13(9-7-12)18-10-11-4-2-1-3-5-11/h1-9,17H,10H2,(H2,15,16). The van der Waals surface area contributed by atoms with E-state index in [1.54, 1.807) is 29.7 Å². The van der Waals surface area contributed by atoms with Crippen molar-refractivity contribution in [1.29, 1.82) is 5.41 Å². The van der Waals surface area contributed by atoms with E-state index in [-0.39, 0.29) is 5.84 Å². The Morgan fingerprint density at radius 3 is 2.33 bits per heavy atom. The maximum absolute atomic E-state index is 8.60. The van der Waals surface area contributed by atoms with Gasteiger partial charge in [0.05, 0.1) is 0 Å². The SMILES string of the molecule is N=C(NO)c1ccc(OCc2ccccc2)cc1. The fraction of sp³-hybridized carbons (Fsp3) is 0.0714. The predicted octanol–water partition coefficient (Wildman–Crippen LogP) is 2.57. The van der Waals surface area contributed by atoms with Crippen molar-refractivity contribution in [2.75, 3.05) is 0 Å². The molecule has 2 aromatic rings. The van der Waals surface area contributed by atoms with Crippen molar-refractivity contribution in [3.05, 3.63) is 65.7 Å². The molecule has 4 nitrogen and oxygen atoms in total. The molecule has 0 bridgehead atoms. The summed E-state index contributed by atoms with van der Waals surface area (Å²) in [5, 5.41) is 16.0. The second-order valence-electron chi connectivity index (χ2n) is 3.79. The van der Waals surface area contributed by atoms with Gasteiger partial charge >= 0.3 is 0 Å². The first-order valence-corrected chi connectivity index (χ1v) is 5.55. The van der Waals surface area contributed by atoms with Crippen molar-refractivity contribution in [1.82, 2.24) is 5.48 Å². The van der Waals surface area contributed by atoms with Crippen LogP contribution in [0.3, 0.4) is 0 Å². The lowest BCUT2D eigenvalue weighted by Gasteiger charge is -2.07. The largest absolute Gasteiger partial charge is 0.489 e. The summed E-state index contributed by atoms with van der Waals surface area (Å²) in [5.41, 5.74) is 3.51. The van der Waals surface area contributed by atoms with Crippen LogP contribution in [0.25, 0.3) is 0 Å². The zero-order chi connectivity index (χ0) is 12.8. The molecule has 0 saturated heterocycles. The third kappa shape index (κ3) is 3.09. The van der Waals surface area contributed by atoms with Gasteiger partial charge in [0.2, 0.25) is 0 Å². The molecule has 2 aromatic carbocycles. The molecule has 0 fully saturated rings. The van der Waals surface area contributed by atoms with Gasteiger partial charge in [-0.15, -0.1) is 0 Å². The van der Waals surface area contributed by atoms with Gasteiger partial charge in [0.15, 0.2) is 0 Å². The molecule has 0 heterocycles. The highest BCUT2D eigenvalue weighted by Crippen LogP contribution is 2.14. The van der Waals surface area contributed by atoms with Crippen LogP contribution in [0.15, 0.2) is 54.6 Å². The van der Waals surface area contributed by atoms with Gasteiger partial charge in [0, 0.05) is 5.56 Å². The quantitative estimate of drug-likeness (QED) is 0.438. The van der Waals surface area contributed by atoms with Gasteiger partial charge in [0.25, 0.3) is 0 Å². The Labute approximate surface area is 105 Å². The van der Waals surface area contributed by atoms with Gasteiger partial charge in [-0.3, -0.25) is 16.1 Å². The van der Waals surface area contributed by atoms with E-state index in [1.807, 2.05) is 30.3 Å². The Balaban J connectivity index is 1.97. The Morgan fingerprint density at radius 2 is 1.72 bits per heavy atom. The molecule has 0 aliphatic heterocycles. The third-order valence-corrected chi connectivity index (χ3v) is 2.50. The second kappa shape index (κ2) is 5.84. The number of hydrogen-bond acceptors (Lipinski definition) is 3. The van der Waals surface area contributed by atoms with Crippen molar-refractivity contribution in [3.63, 3.8) is 0 Å². The highest BCUT2D eigenvalue weighted by Gasteiger charge is 2.00. The van der Waals surface area contributed by atoms with Gasteiger partial charge < -0.3 is 4.74 Å². The summed E-state index contributed by atoms with van der Waals surface area (Å²) in [5.74, 6) is 0.693. The van der Waals surface area contributed by atoms with E-state index >= 15 is 0 Å². The Kier molecular flexibility index (Phi) is 3.94. The maximum Gasteiger partial charge on any atom is 0.149 e. The molecule has 18 heavy (non-hydrogen) atoms. The zero-order valence-corrected chi connectivity index (χ0v) is 9.76. The number of ether oxygens (including phenoxy) is 1. The highest BCUT2D eigenvalue weighted by atomic mass is 16.5. The molecule has 0 spiro atoms. The molecule has 0 radical (unpaired) electrons. The monoisotopic (exact) mass is 242 g/mol. The average molecular weight is 242 g/mol. The lowest BCUT2D eigenvalue weighted by atomic mass is 10.2. The molecule has 0 atom stereocenters. The maximum atomic E-state index is 8.60.